The number of carbonyl (C=O) groups excluding carboxylic acids is 3. The molecule has 2 amide bonds. The van der Waals surface area contributed by atoms with Gasteiger partial charge in [0.05, 0.1) is 17.9 Å². The minimum absolute atomic E-state index is 0.193. The van der Waals surface area contributed by atoms with Crippen molar-refractivity contribution in [1.29, 1.82) is 0 Å². The molecule has 0 saturated carbocycles. The highest BCUT2D eigenvalue weighted by Crippen LogP contribution is 2.22. The highest BCUT2D eigenvalue weighted by atomic mass is 19.1. The van der Waals surface area contributed by atoms with Crippen molar-refractivity contribution in [1.82, 2.24) is 0 Å². The highest BCUT2D eigenvalue weighted by Gasteiger charge is 2.22. The molecule has 0 bridgehead atoms. The Morgan fingerprint density at radius 1 is 1.08 bits per heavy atom. The van der Waals surface area contributed by atoms with Gasteiger partial charge in [0, 0.05) is 12.6 Å². The van der Waals surface area contributed by atoms with Gasteiger partial charge in [0.1, 0.15) is 12.4 Å². The van der Waals surface area contributed by atoms with E-state index in [9.17, 15) is 18.8 Å². The number of nitrogens with zero attached hydrogens (tertiary/aromatic N) is 1. The molecular formula is C19H19FN2O4. The standard InChI is InChI=1S/C19H19FN2O4/c1-3-26-19(25)16-6-4-5-7-17(16)22(13(2)23)12-18(24)21-15-10-8-14(20)9-11-15/h4-11H,3,12H2,1-2H3,(H,21,24). The van der Waals surface area contributed by atoms with Crippen molar-refractivity contribution in [3.8, 4) is 0 Å². The number of para-hydroxylation sites is 1. The van der Waals surface area contributed by atoms with Crippen molar-refractivity contribution in [3.05, 3.63) is 59.9 Å². The molecule has 1 N–H and O–H groups in total. The zero-order chi connectivity index (χ0) is 19.1. The molecule has 0 spiro atoms. The third-order valence-electron chi connectivity index (χ3n) is 3.50. The van der Waals surface area contributed by atoms with Crippen LogP contribution >= 0.6 is 0 Å². The van der Waals surface area contributed by atoms with Crippen molar-refractivity contribution in [2.45, 2.75) is 13.8 Å². The van der Waals surface area contributed by atoms with Gasteiger partial charge in [-0.05, 0) is 43.3 Å². The van der Waals surface area contributed by atoms with E-state index in [1.807, 2.05) is 0 Å². The molecular weight excluding hydrogens is 339 g/mol. The maximum absolute atomic E-state index is 12.9. The first kappa shape index (κ1) is 19.1. The predicted molar refractivity (Wildman–Crippen MR) is 95.5 cm³/mol. The van der Waals surface area contributed by atoms with Gasteiger partial charge < -0.3 is 15.0 Å². The van der Waals surface area contributed by atoms with Gasteiger partial charge in [0.25, 0.3) is 0 Å². The number of carbonyl (C=O) groups is 3. The number of hydrogen-bond acceptors (Lipinski definition) is 4. The first-order valence-corrected chi connectivity index (χ1v) is 8.02. The van der Waals surface area contributed by atoms with Gasteiger partial charge in [-0.1, -0.05) is 12.1 Å². The molecule has 0 heterocycles. The van der Waals surface area contributed by atoms with E-state index in [4.69, 9.17) is 4.74 Å². The van der Waals surface area contributed by atoms with E-state index >= 15 is 0 Å². The van der Waals surface area contributed by atoms with Gasteiger partial charge in [-0.15, -0.1) is 0 Å². The van der Waals surface area contributed by atoms with Crippen LogP contribution in [0.3, 0.4) is 0 Å². The maximum Gasteiger partial charge on any atom is 0.340 e. The molecule has 0 saturated heterocycles. The third-order valence-corrected chi connectivity index (χ3v) is 3.50. The SMILES string of the molecule is CCOC(=O)c1ccccc1N(CC(=O)Nc1ccc(F)cc1)C(C)=O. The van der Waals surface area contributed by atoms with E-state index < -0.39 is 23.6 Å². The van der Waals surface area contributed by atoms with Crippen LogP contribution in [0.5, 0.6) is 0 Å². The van der Waals surface area contributed by atoms with Gasteiger partial charge in [-0.25, -0.2) is 9.18 Å². The number of benzene rings is 2. The smallest absolute Gasteiger partial charge is 0.340 e. The van der Waals surface area contributed by atoms with Crippen LogP contribution in [0.25, 0.3) is 0 Å². The van der Waals surface area contributed by atoms with Crippen molar-refractivity contribution in [2.24, 2.45) is 0 Å². The summed E-state index contributed by atoms with van der Waals surface area (Å²) in [5.41, 5.74) is 0.880. The molecule has 2 aromatic rings. The number of halogens is 1. The summed E-state index contributed by atoms with van der Waals surface area (Å²) < 4.78 is 17.9. The highest BCUT2D eigenvalue weighted by molar-refractivity contribution is 6.06. The van der Waals surface area contributed by atoms with Crippen LogP contribution in [-0.2, 0) is 14.3 Å². The van der Waals surface area contributed by atoms with E-state index in [1.54, 1.807) is 25.1 Å². The molecule has 136 valence electrons. The van der Waals surface area contributed by atoms with Gasteiger partial charge in [-0.2, -0.15) is 0 Å². The number of amides is 2. The molecule has 0 fully saturated rings. The summed E-state index contributed by atoms with van der Waals surface area (Å²) in [6.07, 6.45) is 0. The second-order valence-electron chi connectivity index (χ2n) is 5.40. The Kier molecular flexibility index (Phi) is 6.43. The molecule has 0 aliphatic carbocycles. The first-order valence-electron chi connectivity index (χ1n) is 8.02. The summed E-state index contributed by atoms with van der Waals surface area (Å²) in [6, 6.07) is 11.7. The molecule has 6 nitrogen and oxygen atoms in total. The monoisotopic (exact) mass is 358 g/mol. The number of ether oxygens (including phenoxy) is 1. The maximum atomic E-state index is 12.9. The number of anilines is 2. The third kappa shape index (κ3) is 4.89. The lowest BCUT2D eigenvalue weighted by atomic mass is 10.1. The van der Waals surface area contributed by atoms with E-state index in [2.05, 4.69) is 5.32 Å². The Morgan fingerprint density at radius 3 is 2.35 bits per heavy atom. The van der Waals surface area contributed by atoms with Crippen molar-refractivity contribution < 1.29 is 23.5 Å². The van der Waals surface area contributed by atoms with E-state index in [-0.39, 0.29) is 24.4 Å². The first-order chi connectivity index (χ1) is 12.4. The van der Waals surface area contributed by atoms with Crippen LogP contribution < -0.4 is 10.2 Å². The number of rotatable bonds is 6. The molecule has 0 unspecified atom stereocenters. The lowest BCUT2D eigenvalue weighted by molar-refractivity contribution is -0.120. The molecule has 2 rings (SSSR count). The van der Waals surface area contributed by atoms with Gasteiger partial charge in [0.15, 0.2) is 0 Å². The fourth-order valence-electron chi connectivity index (χ4n) is 2.33. The zero-order valence-electron chi connectivity index (χ0n) is 14.5. The second-order valence-corrected chi connectivity index (χ2v) is 5.40. The molecule has 0 atom stereocenters. The van der Waals surface area contributed by atoms with Crippen molar-refractivity contribution in [3.63, 3.8) is 0 Å². The topological polar surface area (TPSA) is 75.7 Å². The van der Waals surface area contributed by atoms with Crippen molar-refractivity contribution >= 4 is 29.2 Å². The van der Waals surface area contributed by atoms with Crippen LogP contribution in [0.4, 0.5) is 15.8 Å². The Bertz CT molecular complexity index is 805. The summed E-state index contributed by atoms with van der Waals surface area (Å²) in [5.74, 6) is -1.88. The number of hydrogen-bond donors (Lipinski definition) is 1. The molecule has 0 radical (unpaired) electrons. The Labute approximate surface area is 150 Å². The summed E-state index contributed by atoms with van der Waals surface area (Å²) in [5, 5.41) is 2.58. The molecule has 26 heavy (non-hydrogen) atoms. The number of nitrogens with one attached hydrogen (secondary N) is 1. The largest absolute Gasteiger partial charge is 0.462 e. The van der Waals surface area contributed by atoms with Crippen LogP contribution in [0.1, 0.15) is 24.2 Å². The molecule has 0 aromatic heterocycles. The average Bonchev–Trinajstić information content (AvgIpc) is 2.61. The summed E-state index contributed by atoms with van der Waals surface area (Å²) >= 11 is 0. The molecule has 2 aromatic carbocycles. The van der Waals surface area contributed by atoms with Crippen molar-refractivity contribution in [2.75, 3.05) is 23.4 Å². The quantitative estimate of drug-likeness (QED) is 0.806. The fraction of sp³-hybridized carbons (Fsp3) is 0.211. The van der Waals surface area contributed by atoms with E-state index in [0.29, 0.717) is 5.69 Å². The Hall–Kier alpha value is -3.22. The van der Waals surface area contributed by atoms with Crippen LogP contribution in [0.2, 0.25) is 0 Å². The normalized spacial score (nSPS) is 10.1. The zero-order valence-corrected chi connectivity index (χ0v) is 14.5. The van der Waals surface area contributed by atoms with Crippen LogP contribution in [-0.4, -0.2) is 30.9 Å². The molecule has 7 heteroatoms. The molecule has 0 aliphatic heterocycles. The Morgan fingerprint density at radius 2 is 1.73 bits per heavy atom. The minimum atomic E-state index is -0.576. The van der Waals surface area contributed by atoms with Crippen LogP contribution in [0.15, 0.2) is 48.5 Å². The summed E-state index contributed by atoms with van der Waals surface area (Å²) in [4.78, 5) is 37.6. The fourth-order valence-corrected chi connectivity index (χ4v) is 2.33. The predicted octanol–water partition coefficient (Wildman–Crippen LogP) is 2.99. The molecule has 0 aliphatic rings. The second kappa shape index (κ2) is 8.75. The Balaban J connectivity index is 2.21. The van der Waals surface area contributed by atoms with Gasteiger partial charge >= 0.3 is 5.97 Å². The lowest BCUT2D eigenvalue weighted by Gasteiger charge is -2.23. The van der Waals surface area contributed by atoms with E-state index in [1.165, 1.54) is 42.2 Å². The van der Waals surface area contributed by atoms with E-state index in [0.717, 1.165) is 0 Å². The van der Waals surface area contributed by atoms with Gasteiger partial charge in [-0.3, -0.25) is 9.59 Å². The summed E-state index contributed by atoms with van der Waals surface area (Å²) in [7, 11) is 0. The average molecular weight is 358 g/mol. The lowest BCUT2D eigenvalue weighted by Crippen LogP contribution is -2.37. The van der Waals surface area contributed by atoms with Gasteiger partial charge in [0.2, 0.25) is 11.8 Å². The summed E-state index contributed by atoms with van der Waals surface area (Å²) in [6.45, 7) is 2.87. The minimum Gasteiger partial charge on any atom is -0.462 e. The number of esters is 1. The van der Waals surface area contributed by atoms with Crippen LogP contribution in [0, 0.1) is 5.82 Å².